The molecule has 3 rings (SSSR count). The minimum atomic E-state index is -0.345. The lowest BCUT2D eigenvalue weighted by atomic mass is 9.77. The van der Waals surface area contributed by atoms with Crippen molar-refractivity contribution in [2.75, 3.05) is 26.3 Å². The third kappa shape index (κ3) is 3.45. The zero-order valence-electron chi connectivity index (χ0n) is 14.0. The number of ether oxygens (including phenoxy) is 1. The Balaban J connectivity index is 1.65. The third-order valence-electron chi connectivity index (χ3n) is 5.44. The predicted octanol–water partition coefficient (Wildman–Crippen LogP) is 2.17. The highest BCUT2D eigenvalue weighted by Gasteiger charge is 2.34. The van der Waals surface area contributed by atoms with Crippen LogP contribution < -0.4 is 5.73 Å². The average molecular weight is 327 g/mol. The van der Waals surface area contributed by atoms with Gasteiger partial charge >= 0.3 is 0 Å². The largest absolute Gasteiger partial charge is 0.381 e. The lowest BCUT2D eigenvalue weighted by molar-refractivity contribution is -0.123. The molecule has 2 N–H and O–H groups in total. The highest BCUT2D eigenvalue weighted by molar-refractivity contribution is 5.82. The Morgan fingerprint density at radius 2 is 2.12 bits per heavy atom. The van der Waals surface area contributed by atoms with Gasteiger partial charge in [0.1, 0.15) is 6.04 Å². The number of nitrogens with zero attached hydrogens (tertiary/aromatic N) is 2. The minimum absolute atomic E-state index is 0.256. The number of primary amides is 1. The first-order valence-electron chi connectivity index (χ1n) is 8.75. The van der Waals surface area contributed by atoms with Crippen molar-refractivity contribution in [1.82, 2.24) is 4.90 Å². The topological polar surface area (TPSA) is 79.4 Å². The highest BCUT2D eigenvalue weighted by atomic mass is 16.5. The number of rotatable bonds is 5. The Morgan fingerprint density at radius 1 is 1.38 bits per heavy atom. The van der Waals surface area contributed by atoms with E-state index >= 15 is 0 Å². The van der Waals surface area contributed by atoms with Gasteiger partial charge in [0.2, 0.25) is 5.91 Å². The molecule has 1 fully saturated rings. The van der Waals surface area contributed by atoms with E-state index in [0.717, 1.165) is 50.8 Å². The van der Waals surface area contributed by atoms with Crippen LogP contribution in [-0.2, 0) is 16.0 Å². The first-order chi connectivity index (χ1) is 11.7. The Morgan fingerprint density at radius 3 is 2.83 bits per heavy atom. The maximum Gasteiger partial charge on any atom is 0.239 e. The van der Waals surface area contributed by atoms with E-state index in [1.54, 1.807) is 0 Å². The average Bonchev–Trinajstić information content (AvgIpc) is 2.62. The second-order valence-electron chi connectivity index (χ2n) is 6.90. The number of amides is 1. The molecule has 1 aromatic rings. The van der Waals surface area contributed by atoms with Gasteiger partial charge in [-0.2, -0.15) is 5.26 Å². The summed E-state index contributed by atoms with van der Waals surface area (Å²) in [6.07, 6.45) is 4.32. The van der Waals surface area contributed by atoms with Gasteiger partial charge in [-0.05, 0) is 49.8 Å². The molecule has 0 aromatic heterocycles. The van der Waals surface area contributed by atoms with Crippen LogP contribution in [0, 0.1) is 16.7 Å². The quantitative estimate of drug-likeness (QED) is 0.899. The van der Waals surface area contributed by atoms with Gasteiger partial charge in [-0.15, -0.1) is 0 Å². The van der Waals surface area contributed by atoms with E-state index in [2.05, 4.69) is 17.0 Å². The summed E-state index contributed by atoms with van der Waals surface area (Å²) in [5.41, 5.74) is 7.69. The highest BCUT2D eigenvalue weighted by Crippen LogP contribution is 2.35. The molecule has 5 nitrogen and oxygen atoms in total. The fourth-order valence-electron chi connectivity index (χ4n) is 3.99. The number of benzene rings is 1. The maximum atomic E-state index is 12.0. The molecule has 5 heteroatoms. The van der Waals surface area contributed by atoms with Gasteiger partial charge in [0.25, 0.3) is 0 Å². The lowest BCUT2D eigenvalue weighted by Gasteiger charge is -2.36. The molecule has 2 heterocycles. The summed E-state index contributed by atoms with van der Waals surface area (Å²) in [6.45, 7) is 2.99. The Hall–Kier alpha value is -1.90. The molecule has 1 amide bonds. The van der Waals surface area contributed by atoms with E-state index in [9.17, 15) is 10.1 Å². The van der Waals surface area contributed by atoms with Crippen molar-refractivity contribution in [2.24, 2.45) is 11.1 Å². The van der Waals surface area contributed by atoms with Crippen LogP contribution in [0.5, 0.6) is 0 Å². The SMILES string of the molecule is N#CC1(CCCN2CCc3ccccc3C2C(N)=O)CCOCC1. The molecule has 0 spiro atoms. The molecule has 1 unspecified atom stereocenters. The zero-order valence-corrected chi connectivity index (χ0v) is 14.0. The molecule has 1 atom stereocenters. The normalized spacial score (nSPS) is 23.2. The molecule has 24 heavy (non-hydrogen) atoms. The van der Waals surface area contributed by atoms with Crippen LogP contribution in [0.15, 0.2) is 24.3 Å². The van der Waals surface area contributed by atoms with Crippen molar-refractivity contribution in [1.29, 1.82) is 5.26 Å². The fourth-order valence-corrected chi connectivity index (χ4v) is 3.99. The predicted molar refractivity (Wildman–Crippen MR) is 91.0 cm³/mol. The standard InChI is InChI=1S/C19H25N3O2/c20-14-19(8-12-24-13-9-19)7-3-10-22-11-6-15-4-1-2-5-16(15)17(22)18(21)23/h1-2,4-5,17H,3,6-13H2,(H2,21,23). The van der Waals surface area contributed by atoms with E-state index in [-0.39, 0.29) is 17.4 Å². The van der Waals surface area contributed by atoms with Gasteiger partial charge in [-0.25, -0.2) is 0 Å². The van der Waals surface area contributed by atoms with Crippen molar-refractivity contribution in [2.45, 2.75) is 38.1 Å². The smallest absolute Gasteiger partial charge is 0.239 e. The summed E-state index contributed by atoms with van der Waals surface area (Å²) in [7, 11) is 0. The zero-order chi connectivity index (χ0) is 17.0. The molecule has 0 saturated carbocycles. The molecule has 2 aliphatic heterocycles. The number of carbonyl (C=O) groups excluding carboxylic acids is 1. The van der Waals surface area contributed by atoms with Gasteiger partial charge in [0, 0.05) is 19.8 Å². The van der Waals surface area contributed by atoms with Gasteiger partial charge in [-0.1, -0.05) is 24.3 Å². The van der Waals surface area contributed by atoms with E-state index in [0.29, 0.717) is 13.2 Å². The first kappa shape index (κ1) is 16.9. The second-order valence-corrected chi connectivity index (χ2v) is 6.90. The summed E-state index contributed by atoms with van der Waals surface area (Å²) in [5, 5.41) is 9.56. The molecular weight excluding hydrogens is 302 g/mol. The fraction of sp³-hybridized carbons (Fsp3) is 0.579. The number of fused-ring (bicyclic) bond motifs is 1. The monoisotopic (exact) mass is 327 g/mol. The minimum Gasteiger partial charge on any atom is -0.381 e. The van der Waals surface area contributed by atoms with Crippen LogP contribution in [0.1, 0.15) is 42.9 Å². The van der Waals surface area contributed by atoms with Crippen LogP contribution >= 0.6 is 0 Å². The van der Waals surface area contributed by atoms with E-state index < -0.39 is 0 Å². The van der Waals surface area contributed by atoms with E-state index in [1.807, 2.05) is 18.2 Å². The van der Waals surface area contributed by atoms with Gasteiger partial charge in [-0.3, -0.25) is 9.69 Å². The molecule has 0 aliphatic carbocycles. The van der Waals surface area contributed by atoms with Crippen LogP contribution in [-0.4, -0.2) is 37.1 Å². The molecule has 1 aromatic carbocycles. The Bertz CT molecular complexity index is 632. The number of hydrogen-bond acceptors (Lipinski definition) is 4. The van der Waals surface area contributed by atoms with E-state index in [1.165, 1.54) is 5.56 Å². The third-order valence-corrected chi connectivity index (χ3v) is 5.44. The number of carbonyl (C=O) groups is 1. The summed E-state index contributed by atoms with van der Waals surface area (Å²) in [5.74, 6) is -0.289. The van der Waals surface area contributed by atoms with Crippen LogP contribution in [0.2, 0.25) is 0 Å². The van der Waals surface area contributed by atoms with Crippen molar-refractivity contribution in [3.63, 3.8) is 0 Å². The van der Waals surface area contributed by atoms with Crippen molar-refractivity contribution in [3.05, 3.63) is 35.4 Å². The summed E-state index contributed by atoms with van der Waals surface area (Å²) >= 11 is 0. The lowest BCUT2D eigenvalue weighted by Crippen LogP contribution is -2.43. The summed E-state index contributed by atoms with van der Waals surface area (Å²) in [4.78, 5) is 14.2. The molecule has 1 saturated heterocycles. The van der Waals surface area contributed by atoms with Gasteiger partial charge in [0.05, 0.1) is 11.5 Å². The molecule has 128 valence electrons. The molecular formula is C19H25N3O2. The number of hydrogen-bond donors (Lipinski definition) is 1. The van der Waals surface area contributed by atoms with Gasteiger partial charge < -0.3 is 10.5 Å². The molecule has 0 bridgehead atoms. The number of nitriles is 1. The van der Waals surface area contributed by atoms with Crippen molar-refractivity contribution in [3.8, 4) is 6.07 Å². The first-order valence-corrected chi connectivity index (χ1v) is 8.75. The summed E-state index contributed by atoms with van der Waals surface area (Å²) in [6, 6.07) is 10.2. The van der Waals surface area contributed by atoms with Crippen molar-refractivity contribution >= 4 is 5.91 Å². The maximum absolute atomic E-state index is 12.0. The molecule has 2 aliphatic rings. The van der Waals surface area contributed by atoms with E-state index in [4.69, 9.17) is 10.5 Å². The molecule has 0 radical (unpaired) electrons. The van der Waals surface area contributed by atoms with Gasteiger partial charge in [0.15, 0.2) is 0 Å². The number of nitrogens with two attached hydrogens (primary N) is 1. The van der Waals surface area contributed by atoms with Crippen LogP contribution in [0.25, 0.3) is 0 Å². The van der Waals surface area contributed by atoms with Crippen LogP contribution in [0.3, 0.4) is 0 Å². The Labute approximate surface area is 143 Å². The second kappa shape index (κ2) is 7.33. The van der Waals surface area contributed by atoms with Crippen molar-refractivity contribution < 1.29 is 9.53 Å². The summed E-state index contributed by atoms with van der Waals surface area (Å²) < 4.78 is 5.39. The Kier molecular flexibility index (Phi) is 5.17. The van der Waals surface area contributed by atoms with Crippen LogP contribution in [0.4, 0.5) is 0 Å².